The van der Waals surface area contributed by atoms with Gasteiger partial charge in [0.05, 0.1) is 22.6 Å². The molecule has 56 heavy (non-hydrogen) atoms. The number of para-hydroxylation sites is 1. The van der Waals surface area contributed by atoms with E-state index in [0.717, 1.165) is 69.6 Å². The normalized spacial score (nSPS) is 15.0. The van der Waals surface area contributed by atoms with Crippen LogP contribution < -0.4 is 5.46 Å². The van der Waals surface area contributed by atoms with Gasteiger partial charge >= 0.3 is 7.12 Å². The summed E-state index contributed by atoms with van der Waals surface area (Å²) in [6, 6.07) is 25.0. The summed E-state index contributed by atoms with van der Waals surface area (Å²) in [4.78, 5) is 29.3. The zero-order valence-electron chi connectivity index (χ0n) is 33.5. The Morgan fingerprint density at radius 3 is 2.07 bits per heavy atom. The predicted molar refractivity (Wildman–Crippen MR) is 227 cm³/mol. The summed E-state index contributed by atoms with van der Waals surface area (Å²) in [6.45, 7) is 17.0. The number of nitrogens with one attached hydrogen (secondary N) is 1. The van der Waals surface area contributed by atoms with Crippen molar-refractivity contribution in [2.75, 3.05) is 0 Å². The van der Waals surface area contributed by atoms with Crippen LogP contribution in [-0.2, 0) is 28.6 Å². The number of hydrogen-bond donors (Lipinski definition) is 1. The maximum atomic E-state index is 6.14. The van der Waals surface area contributed by atoms with Crippen LogP contribution in [0.15, 0.2) is 97.8 Å². The minimum absolute atomic E-state index is 0.325. The van der Waals surface area contributed by atoms with Crippen LogP contribution in [0.5, 0.6) is 0 Å². The van der Waals surface area contributed by atoms with Gasteiger partial charge in [-0.2, -0.15) is 0 Å². The zero-order valence-corrected chi connectivity index (χ0v) is 34.2. The van der Waals surface area contributed by atoms with Crippen LogP contribution in [0.1, 0.15) is 78.0 Å². The second-order valence-electron chi connectivity index (χ2n) is 16.4. The van der Waals surface area contributed by atoms with Crippen LogP contribution in [-0.4, -0.2) is 53.2 Å². The maximum Gasteiger partial charge on any atom is 0.496 e. The van der Waals surface area contributed by atoms with Crippen LogP contribution >= 0.6 is 11.6 Å². The first-order valence-corrected chi connectivity index (χ1v) is 19.7. The Morgan fingerprint density at radius 1 is 0.696 bits per heavy atom. The summed E-state index contributed by atoms with van der Waals surface area (Å²) >= 11 is 5.68. The van der Waals surface area contributed by atoms with Crippen molar-refractivity contribution in [1.29, 1.82) is 0 Å². The number of aromatic nitrogens is 7. The first-order valence-electron chi connectivity index (χ1n) is 19.3. The molecular weight excluding hydrogens is 717 g/mol. The summed E-state index contributed by atoms with van der Waals surface area (Å²) < 4.78 is 12.3. The predicted octanol–water partition coefficient (Wildman–Crippen LogP) is 9.65. The minimum Gasteiger partial charge on any atom is -0.399 e. The monoisotopic (exact) mass is 765 g/mol. The molecule has 2 aromatic carbocycles. The molecule has 0 atom stereocenters. The summed E-state index contributed by atoms with van der Waals surface area (Å²) in [6.07, 6.45) is 9.74. The first-order chi connectivity index (χ1) is 26.8. The number of halogens is 1. The van der Waals surface area contributed by atoms with Crippen LogP contribution in [0.3, 0.4) is 0 Å². The number of benzene rings is 2. The van der Waals surface area contributed by atoms with Crippen molar-refractivity contribution in [2.24, 2.45) is 11.8 Å². The number of fused-ring (bicyclic) bond motifs is 6. The van der Waals surface area contributed by atoms with Crippen LogP contribution in [0.25, 0.3) is 44.3 Å². The molecular formula is C45H49BClN7O2. The van der Waals surface area contributed by atoms with Crippen molar-refractivity contribution in [3.63, 3.8) is 0 Å². The molecule has 0 unspecified atom stereocenters. The molecule has 5 aromatic heterocycles. The topological polar surface area (TPSA) is 112 Å². The largest absolute Gasteiger partial charge is 0.496 e. The lowest BCUT2D eigenvalue weighted by molar-refractivity contribution is 0.00578. The number of rotatable bonds is 6. The Kier molecular flexibility index (Phi) is 11.4. The highest BCUT2D eigenvalue weighted by atomic mass is 35.5. The minimum atomic E-state index is -0.351. The van der Waals surface area contributed by atoms with Gasteiger partial charge < -0.3 is 14.3 Å². The fraction of sp³-hybridized carbons (Fsp3) is 0.333. The van der Waals surface area contributed by atoms with E-state index in [-0.39, 0.29) is 18.3 Å². The molecule has 2 aliphatic rings. The molecule has 1 N–H and O–H groups in total. The van der Waals surface area contributed by atoms with Gasteiger partial charge in [-0.25, -0.2) is 24.9 Å². The molecule has 11 heteroatoms. The van der Waals surface area contributed by atoms with E-state index in [0.29, 0.717) is 17.0 Å². The molecule has 1 fully saturated rings. The van der Waals surface area contributed by atoms with Gasteiger partial charge in [0, 0.05) is 63.1 Å². The van der Waals surface area contributed by atoms with Gasteiger partial charge in [-0.15, -0.1) is 0 Å². The number of aromatic amines is 1. The van der Waals surface area contributed by atoms with E-state index < -0.39 is 0 Å². The molecule has 9 nitrogen and oxygen atoms in total. The summed E-state index contributed by atoms with van der Waals surface area (Å²) in [5.74, 6) is 1.19. The van der Waals surface area contributed by atoms with Gasteiger partial charge in [0.15, 0.2) is 0 Å². The highest BCUT2D eigenvalue weighted by molar-refractivity contribution is 6.62. The quantitative estimate of drug-likeness (QED) is 0.132. The molecule has 7 aromatic rings. The second kappa shape index (κ2) is 16.2. The molecule has 9 rings (SSSR count). The molecule has 1 saturated heterocycles. The van der Waals surface area contributed by atoms with Gasteiger partial charge in [-0.05, 0) is 87.8 Å². The second-order valence-corrected chi connectivity index (χ2v) is 16.8. The Labute approximate surface area is 334 Å². The van der Waals surface area contributed by atoms with Crippen molar-refractivity contribution in [2.45, 2.75) is 85.9 Å². The third-order valence-electron chi connectivity index (χ3n) is 10.5. The average Bonchev–Trinajstić information content (AvgIpc) is 3.79. The van der Waals surface area contributed by atoms with Crippen molar-refractivity contribution in [1.82, 2.24) is 34.9 Å². The van der Waals surface area contributed by atoms with Crippen molar-refractivity contribution < 1.29 is 9.31 Å². The first kappa shape index (κ1) is 39.2. The lowest BCUT2D eigenvalue weighted by Crippen LogP contribution is -2.41. The Bertz CT molecular complexity index is 2470. The fourth-order valence-corrected chi connectivity index (χ4v) is 7.13. The van der Waals surface area contributed by atoms with Gasteiger partial charge in [0.1, 0.15) is 23.5 Å². The molecule has 286 valence electrons. The van der Waals surface area contributed by atoms with Crippen LogP contribution in [0, 0.1) is 11.8 Å². The third kappa shape index (κ3) is 8.68. The number of pyridine rings is 2. The molecule has 0 bridgehead atoms. The molecule has 1 aliphatic carbocycles. The molecule has 0 spiro atoms. The molecule has 6 heterocycles. The highest BCUT2D eigenvalue weighted by Crippen LogP contribution is 2.38. The third-order valence-corrected chi connectivity index (χ3v) is 10.7. The van der Waals surface area contributed by atoms with Crippen molar-refractivity contribution >= 4 is 46.1 Å². The van der Waals surface area contributed by atoms with Crippen LogP contribution in [0.4, 0.5) is 0 Å². The SMILES string of the molecule is CC(C)Cc1cc(-c2cnc3[nH]c4ccccc4c3c2)ncn1.CC(C)Cc1cc(Cl)ncn1.CC1(C)OB(c2cnc3c(c2)-c2ccccc2C3)OC1(C)C. The van der Waals surface area contributed by atoms with Crippen molar-refractivity contribution in [3.8, 4) is 22.4 Å². The lowest BCUT2D eigenvalue weighted by Gasteiger charge is -2.32. The Hall–Kier alpha value is -5.03. The van der Waals surface area contributed by atoms with Gasteiger partial charge in [-0.3, -0.25) is 4.98 Å². The number of H-pyrrole nitrogens is 1. The summed E-state index contributed by atoms with van der Waals surface area (Å²) in [5, 5.41) is 2.84. The summed E-state index contributed by atoms with van der Waals surface area (Å²) in [7, 11) is -0.351. The fourth-order valence-electron chi connectivity index (χ4n) is 6.96. The van der Waals surface area contributed by atoms with Crippen molar-refractivity contribution in [3.05, 3.63) is 126 Å². The molecule has 0 amide bonds. The Morgan fingerprint density at radius 2 is 1.36 bits per heavy atom. The van der Waals surface area contributed by atoms with Gasteiger partial charge in [0.25, 0.3) is 0 Å². The van der Waals surface area contributed by atoms with Crippen LogP contribution in [0.2, 0.25) is 5.15 Å². The maximum absolute atomic E-state index is 6.14. The molecule has 0 radical (unpaired) electrons. The molecule has 1 aliphatic heterocycles. The van der Waals surface area contributed by atoms with E-state index in [1.54, 1.807) is 6.33 Å². The van der Waals surface area contributed by atoms with E-state index in [4.69, 9.17) is 20.9 Å². The lowest BCUT2D eigenvalue weighted by atomic mass is 9.79. The van der Waals surface area contributed by atoms with E-state index in [2.05, 4.69) is 145 Å². The highest BCUT2D eigenvalue weighted by Gasteiger charge is 2.52. The zero-order chi connectivity index (χ0) is 39.6. The standard InChI is InChI=1S/C19H18N4.C18H20BNO2.C8H11ClN2/c1-12(2)7-14-9-18(22-11-21-14)13-8-16-15-5-3-4-6-17(15)23-19(16)20-10-13;1-17(2)18(3,4)22-19(21-17)13-10-15-14-8-6-5-7-12(14)9-16(15)20-11-13;1-6(2)3-7-4-8(9)11-5-10-7/h3-6,8-12H,7H2,1-2H3,(H,20,23);5-8,10-11H,9H2,1-4H3;4-6H,3H2,1-2H3. The summed E-state index contributed by atoms with van der Waals surface area (Å²) in [5.41, 5.74) is 11.4. The number of hydrogen-bond acceptors (Lipinski definition) is 8. The van der Waals surface area contributed by atoms with Gasteiger partial charge in [0.2, 0.25) is 0 Å². The van der Waals surface area contributed by atoms with E-state index >= 15 is 0 Å². The average molecular weight is 766 g/mol. The van der Waals surface area contributed by atoms with E-state index in [9.17, 15) is 0 Å². The number of nitrogens with zero attached hydrogens (tertiary/aromatic N) is 6. The Balaban J connectivity index is 0.000000137. The van der Waals surface area contributed by atoms with E-state index in [1.165, 1.54) is 28.4 Å². The smallest absolute Gasteiger partial charge is 0.399 e. The van der Waals surface area contributed by atoms with Gasteiger partial charge in [-0.1, -0.05) is 87.8 Å². The molecule has 0 saturated carbocycles. The van der Waals surface area contributed by atoms with E-state index in [1.807, 2.05) is 30.6 Å².